The third kappa shape index (κ3) is 3.04. The monoisotopic (exact) mass is 417 g/mol. The SMILES string of the molecule is COC(=O)c1ccc(OC(=O)c2cccc(N3C(=O)C4C5C=CC(C5)C4C3=O)c2)cc1. The van der Waals surface area contributed by atoms with Gasteiger partial charge in [0.05, 0.1) is 35.8 Å². The maximum atomic E-state index is 13.0. The van der Waals surface area contributed by atoms with Crippen molar-refractivity contribution in [2.24, 2.45) is 23.7 Å². The fourth-order valence-corrected chi connectivity index (χ4v) is 4.87. The molecule has 0 radical (unpaired) electrons. The molecule has 0 aromatic heterocycles. The first-order chi connectivity index (χ1) is 15.0. The van der Waals surface area contributed by atoms with Gasteiger partial charge in [-0.1, -0.05) is 18.2 Å². The van der Waals surface area contributed by atoms with Gasteiger partial charge in [0.2, 0.25) is 11.8 Å². The molecule has 0 N–H and O–H groups in total. The number of imide groups is 1. The third-order valence-corrected chi connectivity index (χ3v) is 6.30. The second-order valence-corrected chi connectivity index (χ2v) is 7.97. The molecule has 2 amide bonds. The van der Waals surface area contributed by atoms with Crippen LogP contribution in [-0.2, 0) is 14.3 Å². The lowest BCUT2D eigenvalue weighted by Gasteiger charge is -2.18. The Balaban J connectivity index is 1.35. The number of benzene rings is 2. The summed E-state index contributed by atoms with van der Waals surface area (Å²) in [6.07, 6.45) is 4.95. The number of fused-ring (bicyclic) bond motifs is 5. The minimum atomic E-state index is -0.631. The van der Waals surface area contributed by atoms with Crippen LogP contribution < -0.4 is 9.64 Å². The molecule has 7 nitrogen and oxygen atoms in total. The first kappa shape index (κ1) is 19.2. The number of amides is 2. The Bertz CT molecular complexity index is 1110. The molecule has 2 aromatic rings. The molecule has 4 unspecified atom stereocenters. The average Bonchev–Trinajstić information content (AvgIpc) is 3.47. The van der Waals surface area contributed by atoms with Crippen LogP contribution in [0.4, 0.5) is 5.69 Å². The Morgan fingerprint density at radius 2 is 1.52 bits per heavy atom. The van der Waals surface area contributed by atoms with E-state index in [2.05, 4.69) is 4.74 Å². The number of carbonyl (C=O) groups is 4. The summed E-state index contributed by atoms with van der Waals surface area (Å²) in [6, 6.07) is 12.3. The highest BCUT2D eigenvalue weighted by atomic mass is 16.5. The van der Waals surface area contributed by atoms with Crippen LogP contribution in [0.2, 0.25) is 0 Å². The normalized spacial score (nSPS) is 25.6. The van der Waals surface area contributed by atoms with E-state index in [1.807, 2.05) is 12.2 Å². The van der Waals surface area contributed by atoms with Crippen molar-refractivity contribution in [3.05, 3.63) is 71.8 Å². The van der Waals surface area contributed by atoms with E-state index < -0.39 is 11.9 Å². The van der Waals surface area contributed by atoms with Crippen molar-refractivity contribution in [1.29, 1.82) is 0 Å². The summed E-state index contributed by atoms with van der Waals surface area (Å²) in [5, 5.41) is 0. The van der Waals surface area contributed by atoms with E-state index >= 15 is 0 Å². The van der Waals surface area contributed by atoms with Gasteiger partial charge in [-0.05, 0) is 60.7 Å². The number of allylic oxidation sites excluding steroid dienone is 2. The molecule has 2 aliphatic carbocycles. The Hall–Kier alpha value is -3.74. The first-order valence-corrected chi connectivity index (χ1v) is 10.0. The molecule has 1 aliphatic heterocycles. The van der Waals surface area contributed by atoms with Crippen molar-refractivity contribution in [3.8, 4) is 5.75 Å². The number of anilines is 1. The number of carbonyl (C=O) groups excluding carboxylic acids is 4. The van der Waals surface area contributed by atoms with Crippen LogP contribution in [-0.4, -0.2) is 30.9 Å². The molecule has 2 fully saturated rings. The van der Waals surface area contributed by atoms with Crippen molar-refractivity contribution in [2.75, 3.05) is 12.0 Å². The van der Waals surface area contributed by atoms with Gasteiger partial charge in [-0.3, -0.25) is 9.59 Å². The van der Waals surface area contributed by atoms with E-state index in [1.165, 1.54) is 42.3 Å². The molecule has 2 aromatic carbocycles. The predicted molar refractivity (Wildman–Crippen MR) is 109 cm³/mol. The van der Waals surface area contributed by atoms with E-state index in [-0.39, 0.29) is 46.8 Å². The van der Waals surface area contributed by atoms with Crippen LogP contribution in [0.5, 0.6) is 5.75 Å². The van der Waals surface area contributed by atoms with Gasteiger partial charge in [0.15, 0.2) is 0 Å². The quantitative estimate of drug-likeness (QED) is 0.329. The lowest BCUT2D eigenvalue weighted by atomic mass is 9.85. The average molecular weight is 417 g/mol. The zero-order chi connectivity index (χ0) is 21.7. The molecule has 5 rings (SSSR count). The highest BCUT2D eigenvalue weighted by Crippen LogP contribution is 2.53. The lowest BCUT2D eigenvalue weighted by molar-refractivity contribution is -0.123. The number of hydrogen-bond acceptors (Lipinski definition) is 6. The van der Waals surface area contributed by atoms with Crippen molar-refractivity contribution in [3.63, 3.8) is 0 Å². The van der Waals surface area contributed by atoms with Crippen molar-refractivity contribution in [1.82, 2.24) is 0 Å². The number of ether oxygens (including phenoxy) is 2. The molecule has 2 bridgehead atoms. The third-order valence-electron chi connectivity index (χ3n) is 6.30. The number of hydrogen-bond donors (Lipinski definition) is 0. The molecule has 31 heavy (non-hydrogen) atoms. The Morgan fingerprint density at radius 1 is 0.871 bits per heavy atom. The summed E-state index contributed by atoms with van der Waals surface area (Å²) in [7, 11) is 1.29. The lowest BCUT2D eigenvalue weighted by Crippen LogP contribution is -2.33. The molecule has 1 saturated carbocycles. The van der Waals surface area contributed by atoms with Gasteiger partial charge >= 0.3 is 11.9 Å². The predicted octanol–water partition coefficient (Wildman–Crippen LogP) is 3.00. The molecular formula is C24H19NO6. The number of nitrogens with zero attached hydrogens (tertiary/aromatic N) is 1. The van der Waals surface area contributed by atoms with E-state index in [4.69, 9.17) is 4.74 Å². The van der Waals surface area contributed by atoms with E-state index in [0.29, 0.717) is 11.3 Å². The minimum absolute atomic E-state index is 0.123. The smallest absolute Gasteiger partial charge is 0.343 e. The van der Waals surface area contributed by atoms with Crippen LogP contribution >= 0.6 is 0 Å². The number of methoxy groups -OCH3 is 1. The van der Waals surface area contributed by atoms with Crippen molar-refractivity contribution >= 4 is 29.4 Å². The molecule has 0 spiro atoms. The largest absolute Gasteiger partial charge is 0.465 e. The maximum absolute atomic E-state index is 13.0. The summed E-state index contributed by atoms with van der Waals surface area (Å²) in [6.45, 7) is 0. The molecule has 3 aliphatic rings. The van der Waals surface area contributed by atoms with Crippen LogP contribution in [0.15, 0.2) is 60.7 Å². The van der Waals surface area contributed by atoms with Crippen LogP contribution in [0, 0.1) is 23.7 Å². The van der Waals surface area contributed by atoms with E-state index in [1.54, 1.807) is 18.2 Å². The van der Waals surface area contributed by atoms with Crippen LogP contribution in [0.1, 0.15) is 27.1 Å². The van der Waals surface area contributed by atoms with Gasteiger partial charge in [0.25, 0.3) is 0 Å². The van der Waals surface area contributed by atoms with Gasteiger partial charge in [0.1, 0.15) is 5.75 Å². The zero-order valence-corrected chi connectivity index (χ0v) is 16.7. The molecular weight excluding hydrogens is 398 g/mol. The maximum Gasteiger partial charge on any atom is 0.343 e. The summed E-state index contributed by atoms with van der Waals surface area (Å²) >= 11 is 0. The fraction of sp³-hybridized carbons (Fsp3) is 0.250. The Labute approximate surface area is 178 Å². The fourth-order valence-electron chi connectivity index (χ4n) is 4.87. The highest BCUT2D eigenvalue weighted by molar-refractivity contribution is 6.23. The molecule has 1 saturated heterocycles. The summed E-state index contributed by atoms with van der Waals surface area (Å²) < 4.78 is 10.0. The van der Waals surface area contributed by atoms with Gasteiger partial charge < -0.3 is 9.47 Å². The van der Waals surface area contributed by atoms with Crippen molar-refractivity contribution < 1.29 is 28.7 Å². The summed E-state index contributed by atoms with van der Waals surface area (Å²) in [4.78, 5) is 51.3. The van der Waals surface area contributed by atoms with E-state index in [9.17, 15) is 19.2 Å². The number of esters is 2. The molecule has 1 heterocycles. The topological polar surface area (TPSA) is 90.0 Å². The zero-order valence-electron chi connectivity index (χ0n) is 16.7. The second-order valence-electron chi connectivity index (χ2n) is 7.97. The van der Waals surface area contributed by atoms with Gasteiger partial charge in [0, 0.05) is 0 Å². The Kier molecular flexibility index (Phi) is 4.46. The van der Waals surface area contributed by atoms with Gasteiger partial charge in [-0.15, -0.1) is 0 Å². The standard InChI is InChI=1S/C24H19NO6/c1-30-23(28)13-7-9-18(10-8-13)31-24(29)16-3-2-4-17(12-16)25-21(26)19-14-5-6-15(11-14)20(19)22(25)27/h2-10,12,14-15,19-20H,11H2,1H3. The first-order valence-electron chi connectivity index (χ1n) is 10.0. The Morgan fingerprint density at radius 3 is 2.13 bits per heavy atom. The summed E-state index contributed by atoms with van der Waals surface area (Å²) in [5.41, 5.74) is 0.928. The molecule has 7 heteroatoms. The number of rotatable bonds is 4. The minimum Gasteiger partial charge on any atom is -0.465 e. The second kappa shape index (κ2) is 7.19. The van der Waals surface area contributed by atoms with Gasteiger partial charge in [-0.25, -0.2) is 14.5 Å². The van der Waals surface area contributed by atoms with Crippen LogP contribution in [0.25, 0.3) is 0 Å². The van der Waals surface area contributed by atoms with E-state index in [0.717, 1.165) is 6.42 Å². The highest BCUT2D eigenvalue weighted by Gasteiger charge is 2.59. The van der Waals surface area contributed by atoms with Gasteiger partial charge in [-0.2, -0.15) is 0 Å². The van der Waals surface area contributed by atoms with Crippen LogP contribution in [0.3, 0.4) is 0 Å². The molecule has 156 valence electrons. The summed E-state index contributed by atoms with van der Waals surface area (Å²) in [5.74, 6) is -1.61. The molecule has 4 atom stereocenters. The van der Waals surface area contributed by atoms with Crippen molar-refractivity contribution in [2.45, 2.75) is 6.42 Å².